The summed E-state index contributed by atoms with van der Waals surface area (Å²) in [4.78, 5) is 37.6. The Morgan fingerprint density at radius 3 is 1.05 bits per heavy atom. The number of alkyl halides is 9. The Kier molecular flexibility index (Phi) is 15.5. The summed E-state index contributed by atoms with van der Waals surface area (Å²) < 4.78 is 114. The zero-order valence-corrected chi connectivity index (χ0v) is 44.2. The first-order valence-electron chi connectivity index (χ1n) is 22.2. The van der Waals surface area contributed by atoms with Gasteiger partial charge in [-0.25, -0.2) is 29.9 Å². The van der Waals surface area contributed by atoms with Gasteiger partial charge in [-0.1, -0.05) is 79.0 Å². The van der Waals surface area contributed by atoms with Gasteiger partial charge in [-0.2, -0.15) is 101 Å². The molecule has 73 heavy (non-hydrogen) atoms. The summed E-state index contributed by atoms with van der Waals surface area (Å²) >= 11 is 0. The average molecular weight is 1200 g/mol. The van der Waals surface area contributed by atoms with E-state index in [1.807, 2.05) is 88.4 Å². The van der Waals surface area contributed by atoms with Crippen LogP contribution in [-0.4, -0.2) is 51.0 Å². The molecule has 3 aromatic heterocycles. The SMILES string of the molecule is CN1[CH-]N(c2[c-]cc(C(F)(F)F)cc2)c2nc(C(C)(C)C)cnc21.CN1[CH-]N(c2[c-]cc(C(F)(F)F)cc2)c2nc(C(C)(C)C)cnc21.CN1[CH-]N(c2[c-]cc(C(F)(F)F)cc2)c2nc(C(C)(C)C)ncc21.[Ir]. The number of anilines is 9. The van der Waals surface area contributed by atoms with Crippen LogP contribution in [-0.2, 0) is 54.9 Å². The van der Waals surface area contributed by atoms with Crippen molar-refractivity contribution in [3.8, 4) is 0 Å². The molecule has 6 aromatic rings. The first kappa shape index (κ1) is 56.0. The predicted molar refractivity (Wildman–Crippen MR) is 258 cm³/mol. The van der Waals surface area contributed by atoms with E-state index in [1.165, 1.54) is 18.2 Å². The summed E-state index contributed by atoms with van der Waals surface area (Å²) in [5.41, 5.74) is 1.08. The van der Waals surface area contributed by atoms with E-state index >= 15 is 0 Å². The molecule has 0 unspecified atom stereocenters. The summed E-state index contributed by atoms with van der Waals surface area (Å²) in [7, 11) is 5.46. The van der Waals surface area contributed by atoms with E-state index in [2.05, 4.69) is 48.1 Å². The molecule has 0 saturated heterocycles. The van der Waals surface area contributed by atoms with Gasteiger partial charge < -0.3 is 29.4 Å². The molecule has 6 heterocycles. The third-order valence-electron chi connectivity index (χ3n) is 11.2. The molecule has 12 nitrogen and oxygen atoms in total. The Balaban J connectivity index is 0.000000177. The topological polar surface area (TPSA) is 96.8 Å². The number of hydrogen-bond donors (Lipinski definition) is 0. The molecule has 393 valence electrons. The molecule has 9 rings (SSSR count). The van der Waals surface area contributed by atoms with Crippen LogP contribution in [0.25, 0.3) is 0 Å². The van der Waals surface area contributed by atoms with Gasteiger partial charge in [0, 0.05) is 36.4 Å². The van der Waals surface area contributed by atoms with Gasteiger partial charge >= 0.3 is 18.5 Å². The van der Waals surface area contributed by atoms with Gasteiger partial charge in [0.2, 0.25) is 0 Å². The van der Waals surface area contributed by atoms with Crippen LogP contribution in [0, 0.1) is 38.2 Å². The first-order valence-corrected chi connectivity index (χ1v) is 22.2. The molecule has 0 amide bonds. The summed E-state index contributed by atoms with van der Waals surface area (Å²) in [5, 5.41) is 0. The van der Waals surface area contributed by atoms with Crippen molar-refractivity contribution in [1.29, 1.82) is 0 Å². The van der Waals surface area contributed by atoms with Crippen molar-refractivity contribution in [2.24, 2.45) is 0 Å². The normalized spacial score (nSPS) is 14.8. The third-order valence-corrected chi connectivity index (χ3v) is 11.2. The summed E-state index contributed by atoms with van der Waals surface area (Å²) in [6.45, 7) is 23.4. The summed E-state index contributed by atoms with van der Waals surface area (Å²) in [6, 6.07) is 18.2. The molecule has 22 heteroatoms. The maximum atomic E-state index is 12.7. The van der Waals surface area contributed by atoms with E-state index in [1.54, 1.807) is 63.1 Å². The van der Waals surface area contributed by atoms with Gasteiger partial charge in [-0.3, -0.25) is 0 Å². The van der Waals surface area contributed by atoms with Crippen LogP contribution >= 0.6 is 0 Å². The fourth-order valence-corrected chi connectivity index (χ4v) is 7.06. The first-order chi connectivity index (χ1) is 33.2. The van der Waals surface area contributed by atoms with E-state index in [9.17, 15) is 39.5 Å². The Labute approximate surface area is 432 Å². The molecule has 0 atom stereocenters. The minimum atomic E-state index is -4.38. The van der Waals surface area contributed by atoms with Crippen LogP contribution in [0.2, 0.25) is 0 Å². The van der Waals surface area contributed by atoms with E-state index in [4.69, 9.17) is 0 Å². The molecular weight excluding hydrogens is 1140 g/mol. The van der Waals surface area contributed by atoms with Crippen molar-refractivity contribution in [3.05, 3.63) is 145 Å². The van der Waals surface area contributed by atoms with Crippen LogP contribution in [0.3, 0.4) is 0 Å². The molecule has 0 fully saturated rings. The van der Waals surface area contributed by atoms with Crippen LogP contribution in [0.1, 0.15) is 96.2 Å². The van der Waals surface area contributed by atoms with Crippen molar-refractivity contribution >= 4 is 51.8 Å². The minimum Gasteiger partial charge on any atom is -0.501 e. The van der Waals surface area contributed by atoms with Crippen LogP contribution in [0.15, 0.2) is 73.2 Å². The molecule has 0 saturated carbocycles. The average Bonchev–Trinajstić information content (AvgIpc) is 3.94. The number of halogens is 9. The van der Waals surface area contributed by atoms with Crippen LogP contribution < -0.4 is 29.4 Å². The number of hydrogen-bond acceptors (Lipinski definition) is 12. The van der Waals surface area contributed by atoms with E-state index in [-0.39, 0.29) is 36.4 Å². The van der Waals surface area contributed by atoms with Crippen LogP contribution in [0.4, 0.5) is 91.4 Å². The zero-order valence-electron chi connectivity index (χ0n) is 41.8. The Morgan fingerprint density at radius 2 is 0.753 bits per heavy atom. The molecule has 0 bridgehead atoms. The maximum Gasteiger partial charge on any atom is 0.370 e. The Bertz CT molecular complexity index is 2560. The van der Waals surface area contributed by atoms with Gasteiger partial charge in [0.25, 0.3) is 0 Å². The zero-order chi connectivity index (χ0) is 53.1. The van der Waals surface area contributed by atoms with Crippen molar-refractivity contribution in [2.45, 2.75) is 97.1 Å². The van der Waals surface area contributed by atoms with Gasteiger partial charge in [-0.15, -0.1) is 48.6 Å². The summed E-state index contributed by atoms with van der Waals surface area (Å²) in [6.07, 6.45) is -7.95. The second kappa shape index (κ2) is 20.2. The van der Waals surface area contributed by atoms with Crippen LogP contribution in [0.5, 0.6) is 0 Å². The second-order valence-electron chi connectivity index (χ2n) is 20.1. The Morgan fingerprint density at radius 1 is 0.411 bits per heavy atom. The smallest absolute Gasteiger partial charge is 0.370 e. The van der Waals surface area contributed by atoms with Gasteiger partial charge in [0.05, 0.1) is 35.7 Å². The monoisotopic (exact) mass is 1200 g/mol. The third kappa shape index (κ3) is 12.4. The Hall–Kier alpha value is -6.28. The van der Waals surface area contributed by atoms with Gasteiger partial charge in [0.1, 0.15) is 34.9 Å². The summed E-state index contributed by atoms with van der Waals surface area (Å²) in [5.74, 6) is 3.77. The fraction of sp³-hybridized carbons (Fsp3) is 0.353. The van der Waals surface area contributed by atoms with E-state index in [0.29, 0.717) is 52.0 Å². The van der Waals surface area contributed by atoms with Gasteiger partial charge in [-0.05, 0) is 21.1 Å². The molecule has 3 aliphatic heterocycles. The second-order valence-corrected chi connectivity index (χ2v) is 20.1. The quantitative estimate of drug-likeness (QED) is 0.125. The standard InChI is InChI=1S/3C17H17F3N4.Ir/c2*1-16(2,3)13-9-21-14-15(22-13)24(10-23(14)4)12-7-5-11(6-8-12)17(18,19)20;1-16(2,3)15-21-9-13-14(22-15)24(10-23(13)4)12-7-5-11(6-8-12)17(18,19)20;/h3*5-7,9-10H,1-4H3;/q3*-2;. The van der Waals surface area contributed by atoms with E-state index in [0.717, 1.165) is 53.5 Å². The van der Waals surface area contributed by atoms with E-state index < -0.39 is 35.2 Å². The largest absolute Gasteiger partial charge is 0.501 e. The molecular formula is C51H51F9IrN12-6. The number of benzene rings is 3. The maximum absolute atomic E-state index is 12.7. The van der Waals surface area contributed by atoms with Crippen molar-refractivity contribution < 1.29 is 59.6 Å². The van der Waals surface area contributed by atoms with Crippen molar-refractivity contribution in [3.63, 3.8) is 0 Å². The molecule has 3 aliphatic rings. The minimum absolute atomic E-state index is 0. The van der Waals surface area contributed by atoms with Crippen molar-refractivity contribution in [2.75, 3.05) is 50.5 Å². The van der Waals surface area contributed by atoms with Gasteiger partial charge in [0.15, 0.2) is 0 Å². The molecule has 1 radical (unpaired) electrons. The predicted octanol–water partition coefficient (Wildman–Crippen LogP) is 12.9. The molecule has 0 aliphatic carbocycles. The molecule has 0 spiro atoms. The molecule has 0 N–H and O–H groups in total. The molecule has 3 aromatic carbocycles. The number of aromatic nitrogens is 6. The fourth-order valence-electron chi connectivity index (χ4n) is 7.06. The van der Waals surface area contributed by atoms with Crippen molar-refractivity contribution in [1.82, 2.24) is 29.9 Å². The number of rotatable bonds is 3. The number of nitrogens with zero attached hydrogens (tertiary/aromatic N) is 12. The number of fused-ring (bicyclic) bond motifs is 3.